The number of hydrogen-bond donors (Lipinski definition) is 0. The first kappa shape index (κ1) is 21.4. The third kappa shape index (κ3) is 15.8. The standard InChI is InChI=1S/C19H37NO2/c1-4-5-6-7-8-9-10-11-12-16-21-19(14-13-15-20)17-22-18(2)3/h18-19H,4-14,16-17H2,1-3H3. The van der Waals surface area contributed by atoms with E-state index in [0.717, 1.165) is 19.4 Å². The summed E-state index contributed by atoms with van der Waals surface area (Å²) < 4.78 is 11.5. The van der Waals surface area contributed by atoms with Crippen LogP contribution >= 0.6 is 0 Å². The van der Waals surface area contributed by atoms with Gasteiger partial charge in [0.2, 0.25) is 0 Å². The molecule has 1 unspecified atom stereocenters. The Morgan fingerprint density at radius 3 is 2.00 bits per heavy atom. The number of rotatable bonds is 16. The van der Waals surface area contributed by atoms with Crippen LogP contribution in [-0.4, -0.2) is 25.4 Å². The molecule has 0 saturated carbocycles. The van der Waals surface area contributed by atoms with Gasteiger partial charge in [-0.1, -0.05) is 58.3 Å². The van der Waals surface area contributed by atoms with Gasteiger partial charge in [0.25, 0.3) is 0 Å². The molecule has 0 aliphatic rings. The minimum Gasteiger partial charge on any atom is -0.376 e. The Labute approximate surface area is 138 Å². The molecule has 0 amide bonds. The first-order chi connectivity index (χ1) is 10.7. The summed E-state index contributed by atoms with van der Waals surface area (Å²) in [5.41, 5.74) is 0. The normalized spacial score (nSPS) is 12.5. The van der Waals surface area contributed by atoms with Gasteiger partial charge in [0.1, 0.15) is 0 Å². The van der Waals surface area contributed by atoms with Crippen molar-refractivity contribution in [2.24, 2.45) is 0 Å². The van der Waals surface area contributed by atoms with Crippen molar-refractivity contribution in [1.82, 2.24) is 0 Å². The van der Waals surface area contributed by atoms with Crippen LogP contribution in [0.1, 0.15) is 91.4 Å². The first-order valence-electron chi connectivity index (χ1n) is 9.30. The summed E-state index contributed by atoms with van der Waals surface area (Å²) in [6.45, 7) is 7.73. The highest BCUT2D eigenvalue weighted by molar-refractivity contribution is 4.72. The molecule has 0 N–H and O–H groups in total. The summed E-state index contributed by atoms with van der Waals surface area (Å²) in [6.07, 6.45) is 13.6. The average Bonchev–Trinajstić information content (AvgIpc) is 2.50. The second-order valence-corrected chi connectivity index (χ2v) is 6.40. The van der Waals surface area contributed by atoms with Gasteiger partial charge in [-0.15, -0.1) is 0 Å². The van der Waals surface area contributed by atoms with Crippen molar-refractivity contribution in [1.29, 1.82) is 5.26 Å². The van der Waals surface area contributed by atoms with Crippen molar-refractivity contribution in [2.75, 3.05) is 13.2 Å². The SMILES string of the molecule is CCCCCCCCCCCOC(CCC#N)COC(C)C. The van der Waals surface area contributed by atoms with Crippen LogP contribution in [0, 0.1) is 11.3 Å². The van der Waals surface area contributed by atoms with Crippen LogP contribution in [0.4, 0.5) is 0 Å². The van der Waals surface area contributed by atoms with Gasteiger partial charge in [-0.25, -0.2) is 0 Å². The molecule has 3 heteroatoms. The maximum Gasteiger partial charge on any atom is 0.0818 e. The zero-order valence-electron chi connectivity index (χ0n) is 15.1. The number of hydrogen-bond acceptors (Lipinski definition) is 3. The Hall–Kier alpha value is -0.590. The zero-order chi connectivity index (χ0) is 16.5. The lowest BCUT2D eigenvalue weighted by Gasteiger charge is -2.18. The van der Waals surface area contributed by atoms with E-state index in [2.05, 4.69) is 13.0 Å². The van der Waals surface area contributed by atoms with Gasteiger partial charge in [0.05, 0.1) is 24.9 Å². The Kier molecular flexibility index (Phi) is 16.3. The number of nitriles is 1. The highest BCUT2D eigenvalue weighted by Crippen LogP contribution is 2.11. The van der Waals surface area contributed by atoms with Gasteiger partial charge in [-0.05, 0) is 26.7 Å². The summed E-state index contributed by atoms with van der Waals surface area (Å²) in [4.78, 5) is 0. The van der Waals surface area contributed by atoms with Gasteiger partial charge < -0.3 is 9.47 Å². The predicted octanol–water partition coefficient (Wildman–Crippen LogP) is 5.63. The third-order valence-corrected chi connectivity index (χ3v) is 3.80. The summed E-state index contributed by atoms with van der Waals surface area (Å²) in [5, 5.41) is 8.69. The second-order valence-electron chi connectivity index (χ2n) is 6.40. The number of nitrogens with zero attached hydrogens (tertiary/aromatic N) is 1. The van der Waals surface area contributed by atoms with E-state index < -0.39 is 0 Å². The van der Waals surface area contributed by atoms with Crippen LogP contribution in [0.15, 0.2) is 0 Å². The minimum absolute atomic E-state index is 0.0797. The van der Waals surface area contributed by atoms with E-state index in [9.17, 15) is 0 Å². The molecule has 0 radical (unpaired) electrons. The molecule has 0 aromatic carbocycles. The highest BCUT2D eigenvalue weighted by atomic mass is 16.5. The van der Waals surface area contributed by atoms with Crippen molar-refractivity contribution < 1.29 is 9.47 Å². The Bertz CT molecular complexity index is 261. The van der Waals surface area contributed by atoms with Gasteiger partial charge >= 0.3 is 0 Å². The Balaban J connectivity index is 3.48. The Morgan fingerprint density at radius 2 is 1.45 bits per heavy atom. The molecule has 0 rings (SSSR count). The van der Waals surface area contributed by atoms with Crippen LogP contribution in [0.25, 0.3) is 0 Å². The molecule has 0 saturated heterocycles. The molecule has 0 heterocycles. The van der Waals surface area contributed by atoms with E-state index in [1.54, 1.807) is 0 Å². The number of unbranched alkanes of at least 4 members (excludes halogenated alkanes) is 8. The topological polar surface area (TPSA) is 42.2 Å². The largest absolute Gasteiger partial charge is 0.376 e. The van der Waals surface area contributed by atoms with Gasteiger partial charge in [0, 0.05) is 13.0 Å². The fourth-order valence-electron chi connectivity index (χ4n) is 2.40. The van der Waals surface area contributed by atoms with Crippen LogP contribution in [0.5, 0.6) is 0 Å². The lowest BCUT2D eigenvalue weighted by Crippen LogP contribution is -2.22. The van der Waals surface area contributed by atoms with E-state index in [4.69, 9.17) is 14.7 Å². The van der Waals surface area contributed by atoms with E-state index >= 15 is 0 Å². The molecule has 0 bridgehead atoms. The third-order valence-electron chi connectivity index (χ3n) is 3.80. The average molecular weight is 312 g/mol. The highest BCUT2D eigenvalue weighted by Gasteiger charge is 2.10. The summed E-state index contributed by atoms with van der Waals surface area (Å²) in [7, 11) is 0. The molecule has 0 aromatic rings. The fraction of sp³-hybridized carbons (Fsp3) is 0.947. The van der Waals surface area contributed by atoms with Crippen molar-refractivity contribution >= 4 is 0 Å². The van der Waals surface area contributed by atoms with E-state index in [1.807, 2.05) is 13.8 Å². The molecule has 130 valence electrons. The first-order valence-corrected chi connectivity index (χ1v) is 9.30. The lowest BCUT2D eigenvalue weighted by molar-refractivity contribution is -0.0386. The molecule has 0 aromatic heterocycles. The summed E-state index contributed by atoms with van der Waals surface area (Å²) in [5.74, 6) is 0. The van der Waals surface area contributed by atoms with Crippen LogP contribution in [-0.2, 0) is 9.47 Å². The quantitative estimate of drug-likeness (QED) is 0.347. The molecule has 22 heavy (non-hydrogen) atoms. The monoisotopic (exact) mass is 311 g/mol. The second kappa shape index (κ2) is 16.8. The maximum absolute atomic E-state index is 8.69. The van der Waals surface area contributed by atoms with Crippen molar-refractivity contribution in [2.45, 2.75) is 104 Å². The maximum atomic E-state index is 8.69. The molecule has 0 spiro atoms. The summed E-state index contributed by atoms with van der Waals surface area (Å²) >= 11 is 0. The van der Waals surface area contributed by atoms with Gasteiger partial charge in [-0.3, -0.25) is 0 Å². The van der Waals surface area contributed by atoms with Gasteiger partial charge in [0.15, 0.2) is 0 Å². The van der Waals surface area contributed by atoms with Crippen molar-refractivity contribution in [3.63, 3.8) is 0 Å². The minimum atomic E-state index is 0.0797. The molecule has 0 aliphatic heterocycles. The van der Waals surface area contributed by atoms with Crippen molar-refractivity contribution in [3.8, 4) is 6.07 Å². The molecular formula is C19H37NO2. The molecule has 1 atom stereocenters. The number of ether oxygens (including phenoxy) is 2. The molecule has 0 fully saturated rings. The summed E-state index contributed by atoms with van der Waals surface area (Å²) in [6, 6.07) is 2.19. The fourth-order valence-corrected chi connectivity index (χ4v) is 2.40. The van der Waals surface area contributed by atoms with Crippen LogP contribution < -0.4 is 0 Å². The lowest BCUT2D eigenvalue weighted by atomic mass is 10.1. The molecule has 0 aliphatic carbocycles. The zero-order valence-corrected chi connectivity index (χ0v) is 15.1. The van der Waals surface area contributed by atoms with Crippen molar-refractivity contribution in [3.05, 3.63) is 0 Å². The van der Waals surface area contributed by atoms with Gasteiger partial charge in [-0.2, -0.15) is 5.26 Å². The van der Waals surface area contributed by atoms with E-state index in [1.165, 1.54) is 51.4 Å². The van der Waals surface area contributed by atoms with E-state index in [-0.39, 0.29) is 12.2 Å². The van der Waals surface area contributed by atoms with Crippen LogP contribution in [0.3, 0.4) is 0 Å². The molecular weight excluding hydrogens is 274 g/mol. The molecule has 3 nitrogen and oxygen atoms in total. The smallest absolute Gasteiger partial charge is 0.0818 e. The van der Waals surface area contributed by atoms with Crippen LogP contribution in [0.2, 0.25) is 0 Å². The Morgan fingerprint density at radius 1 is 0.864 bits per heavy atom. The van der Waals surface area contributed by atoms with E-state index in [0.29, 0.717) is 13.0 Å². The predicted molar refractivity (Wildman–Crippen MR) is 92.9 cm³/mol.